The van der Waals surface area contributed by atoms with Gasteiger partial charge in [0, 0.05) is 14.0 Å². The van der Waals surface area contributed by atoms with Crippen LogP contribution in [-0.2, 0) is 80.6 Å². The summed E-state index contributed by atoms with van der Waals surface area (Å²) in [5.74, 6) is -1.80. The predicted octanol–water partition coefficient (Wildman–Crippen LogP) is -3.95. The Hall–Kier alpha value is -2.70. The van der Waals surface area contributed by atoms with Gasteiger partial charge in [-0.2, -0.15) is 0 Å². The minimum Gasteiger partial charge on any atom is -0.462 e. The Morgan fingerprint density at radius 3 is 1.83 bits per heavy atom. The molecule has 4 aliphatic carbocycles. The van der Waals surface area contributed by atoms with Crippen LogP contribution in [0.2, 0.25) is 0 Å². The van der Waals surface area contributed by atoms with Gasteiger partial charge in [-0.25, -0.2) is 0 Å². The Kier molecular flexibility index (Phi) is 22.9. The predicted molar refractivity (Wildman–Crippen MR) is 326 cm³/mol. The summed E-state index contributed by atoms with van der Waals surface area (Å²) >= 11 is 0. The summed E-state index contributed by atoms with van der Waals surface area (Å²) < 4.78 is 90.1. The molecule has 0 bridgehead atoms. The number of cyclic esters (lactones) is 1. The van der Waals surface area contributed by atoms with E-state index >= 15 is 0 Å². The lowest BCUT2D eigenvalue weighted by atomic mass is 9.41. The highest BCUT2D eigenvalue weighted by Crippen LogP contribution is 2.76. The number of methoxy groups -OCH3 is 1. The Balaban J connectivity index is 0.815. The number of ether oxygens (including phenoxy) is 15. The van der Waals surface area contributed by atoms with E-state index in [4.69, 9.17) is 71.1 Å². The maximum absolute atomic E-state index is 14.8. The van der Waals surface area contributed by atoms with E-state index < -0.39 is 262 Å². The van der Waals surface area contributed by atoms with E-state index in [-0.39, 0.29) is 11.8 Å². The van der Waals surface area contributed by atoms with Crippen molar-refractivity contribution < 1.29 is 157 Å². The largest absolute Gasteiger partial charge is 0.462 e. The number of hydrogen-bond acceptors (Lipinski definition) is 32. The SMILES string of the molecule is C=C(C)CC[C@@H](O)[C@]1(C)OC(=O)C23CC=C4[C@@H](CC[C@H]5C(C)(C)[C@@H](O[C@@H]6OC[C@@H](O[C@@H]7OC[C@@H](O[C@@H]8O[C@H](CO)[C@@H](O)[C@H](O)[C@H]8O)[C@H](O)[C@H]7O)[C@H](O)[C@H]6O[C@@H]6O[C@H](C)[C@@H](O[C@@H]7OC[C@@H](O)[C@H](O[C@@H]8O[C@H](CO)[C@@H](O)[C@H](OC)[C@H]8O)[C@H]7O)[C@H](O)[C@H]6O)CC[C@]45C)[C@]2(C)C[C@H](OC(C)=O)[C@@H]31. The molecule has 0 aromatic carbocycles. The van der Waals surface area contributed by atoms with E-state index in [0.717, 1.165) is 5.57 Å². The van der Waals surface area contributed by atoms with Gasteiger partial charge in [0.25, 0.3) is 0 Å². The van der Waals surface area contributed by atoms with Crippen LogP contribution >= 0.6 is 0 Å². The van der Waals surface area contributed by atoms with Crippen LogP contribution in [0.5, 0.6) is 0 Å². The second-order valence-corrected chi connectivity index (χ2v) is 30.3. The number of rotatable bonds is 20. The summed E-state index contributed by atoms with van der Waals surface area (Å²) in [4.78, 5) is 27.8. The first-order valence-electron chi connectivity index (χ1n) is 34.2. The second kappa shape index (κ2) is 29.3. The highest BCUT2D eigenvalue weighted by molar-refractivity contribution is 5.84. The third-order valence-electron chi connectivity index (χ3n) is 24.1. The average molecular weight is 1410 g/mol. The molecule has 7 saturated heterocycles. The van der Waals surface area contributed by atoms with Gasteiger partial charge in [0.2, 0.25) is 0 Å². The molecule has 0 aromatic heterocycles. The first-order chi connectivity index (χ1) is 46.1. The van der Waals surface area contributed by atoms with Gasteiger partial charge in [0.05, 0.1) is 62.7 Å². The molecule has 0 aromatic rings. The number of aliphatic hydroxyl groups is 15. The van der Waals surface area contributed by atoms with Crippen molar-refractivity contribution in [3.05, 3.63) is 23.8 Å². The van der Waals surface area contributed by atoms with Crippen molar-refractivity contribution in [2.24, 2.45) is 39.4 Å². The van der Waals surface area contributed by atoms with Crippen LogP contribution in [0, 0.1) is 39.4 Å². The van der Waals surface area contributed by atoms with Gasteiger partial charge in [-0.15, -0.1) is 6.58 Å². The van der Waals surface area contributed by atoms with Crippen LogP contribution < -0.4 is 0 Å². The maximum atomic E-state index is 14.8. The molecule has 98 heavy (non-hydrogen) atoms. The molecule has 3 saturated carbocycles. The van der Waals surface area contributed by atoms with Crippen molar-refractivity contribution in [3.63, 3.8) is 0 Å². The minimum atomic E-state index is -2.01. The fourth-order valence-electron chi connectivity index (χ4n) is 18.7. The van der Waals surface area contributed by atoms with E-state index in [1.807, 2.05) is 6.92 Å². The van der Waals surface area contributed by atoms with Crippen molar-refractivity contribution in [2.45, 2.75) is 297 Å². The lowest BCUT2D eigenvalue weighted by molar-refractivity contribution is -0.390. The van der Waals surface area contributed by atoms with Crippen molar-refractivity contribution in [1.29, 1.82) is 0 Å². The number of esters is 2. The number of hydrogen-bond donors (Lipinski definition) is 15. The number of carbonyl (C=O) groups is 2. The maximum Gasteiger partial charge on any atom is 0.314 e. The van der Waals surface area contributed by atoms with Gasteiger partial charge >= 0.3 is 11.9 Å². The molecule has 0 amide bonds. The molecular formula is C66H104O32. The van der Waals surface area contributed by atoms with Crippen LogP contribution in [0.4, 0.5) is 0 Å². The van der Waals surface area contributed by atoms with Crippen molar-refractivity contribution in [1.82, 2.24) is 0 Å². The minimum absolute atomic E-state index is 0.0787. The Morgan fingerprint density at radius 1 is 0.612 bits per heavy atom. The highest BCUT2D eigenvalue weighted by Gasteiger charge is 2.81. The molecule has 32 heteroatoms. The quantitative estimate of drug-likeness (QED) is 0.0314. The first-order valence-corrected chi connectivity index (χ1v) is 34.2. The van der Waals surface area contributed by atoms with Crippen LogP contribution in [0.1, 0.15) is 107 Å². The van der Waals surface area contributed by atoms with E-state index in [9.17, 15) is 86.2 Å². The molecule has 7 aliphatic heterocycles. The lowest BCUT2D eigenvalue weighted by Gasteiger charge is -2.63. The Bertz CT molecular complexity index is 2820. The number of fused-ring (bicyclic) bond motifs is 4. The molecule has 1 spiro atoms. The summed E-state index contributed by atoms with van der Waals surface area (Å²) in [6.07, 6.45) is -41.0. The monoisotopic (exact) mass is 1410 g/mol. The molecule has 7 heterocycles. The summed E-state index contributed by atoms with van der Waals surface area (Å²) in [5.41, 5.74) is -2.37. The third kappa shape index (κ3) is 13.2. The van der Waals surface area contributed by atoms with Crippen LogP contribution in [0.3, 0.4) is 0 Å². The molecule has 0 radical (unpaired) electrons. The summed E-state index contributed by atoms with van der Waals surface area (Å²) in [6.45, 7) is 15.9. The fourth-order valence-corrected chi connectivity index (χ4v) is 18.7. The zero-order chi connectivity index (χ0) is 71.4. The molecule has 11 aliphatic rings. The lowest BCUT2D eigenvalue weighted by Crippen LogP contribution is -2.66. The average Bonchev–Trinajstić information content (AvgIpc) is 1.46. The van der Waals surface area contributed by atoms with E-state index in [1.165, 1.54) is 26.5 Å². The number of aliphatic hydroxyl groups excluding tert-OH is 15. The Morgan fingerprint density at radius 2 is 1.17 bits per heavy atom. The number of allylic oxidation sites excluding steroid dienone is 3. The molecule has 1 unspecified atom stereocenters. The van der Waals surface area contributed by atoms with E-state index in [0.29, 0.717) is 51.4 Å². The number of carbonyl (C=O) groups excluding carboxylic acids is 2. The topological polar surface area (TPSA) is 476 Å². The van der Waals surface area contributed by atoms with Crippen molar-refractivity contribution in [2.75, 3.05) is 40.1 Å². The van der Waals surface area contributed by atoms with Crippen LogP contribution in [0.15, 0.2) is 23.8 Å². The third-order valence-corrected chi connectivity index (χ3v) is 24.1. The molecule has 560 valence electrons. The van der Waals surface area contributed by atoms with E-state index in [1.54, 1.807) is 6.92 Å². The normalized spacial score (nSPS) is 52.0. The summed E-state index contributed by atoms with van der Waals surface area (Å²) in [6, 6.07) is 0. The van der Waals surface area contributed by atoms with Gasteiger partial charge < -0.3 is 148 Å². The summed E-state index contributed by atoms with van der Waals surface area (Å²) in [5, 5.41) is 166. The van der Waals surface area contributed by atoms with Gasteiger partial charge in [0.1, 0.15) is 134 Å². The molecule has 15 N–H and O–H groups in total. The molecular weight excluding hydrogens is 1300 g/mol. The smallest absolute Gasteiger partial charge is 0.314 e. The van der Waals surface area contributed by atoms with Gasteiger partial charge in [-0.3, -0.25) is 9.59 Å². The molecule has 11 rings (SSSR count). The fraction of sp³-hybridized carbons (Fsp3) is 0.909. The van der Waals surface area contributed by atoms with Crippen molar-refractivity contribution >= 4 is 11.9 Å². The van der Waals surface area contributed by atoms with E-state index in [2.05, 4.69) is 40.3 Å². The molecule has 32 nitrogen and oxygen atoms in total. The van der Waals surface area contributed by atoms with Crippen molar-refractivity contribution in [3.8, 4) is 0 Å². The second-order valence-electron chi connectivity index (χ2n) is 30.3. The van der Waals surface area contributed by atoms with Gasteiger partial charge in [-0.1, -0.05) is 44.9 Å². The summed E-state index contributed by atoms with van der Waals surface area (Å²) in [7, 11) is 1.20. The Labute approximate surface area is 567 Å². The molecule has 37 atom stereocenters. The van der Waals surface area contributed by atoms with Gasteiger partial charge in [0.15, 0.2) is 37.7 Å². The first kappa shape index (κ1) is 76.4. The standard InChI is InChI=1S/C66H104O32/c1-25(2)11-14-37(71)65(9)54-31(89-27(4)69)19-64(8)29-12-13-36-62(5,6)38(16-17-63(36,7)28(29)15-18-66(54,64)61(83)98-65)94-60-53(42(75)35(24-87-60)92-55-45(78)40(73)34(23-86-55)93-58-46(79)43(76)39(72)32(20-67)90-58)97-57-47(80)44(77)50(26(3)88-57)95-56-48(81)51(30(70)22-85-56)96-59-49(82)52(84-10)41(74)33(21-68)91-59/h15,26,29-60,67-68,70-82H,1,11-14,16-24H2,2-10H3/t26-,29-,30-,31+,32-,33-,34-,35-,36+,37-,38+,39-,40+,41-,42+,43+,44-,45-,46-,47-,48-,49-,50-,51+,52+,53-,54-,55+,56+,57+,58+,59+,60+,63-,64+,65+,66?/m1/s1. The van der Waals surface area contributed by atoms with Crippen LogP contribution in [0.25, 0.3) is 0 Å². The van der Waals surface area contributed by atoms with Crippen LogP contribution in [-0.4, -0.2) is 319 Å². The zero-order valence-electron chi connectivity index (χ0n) is 56.7. The van der Waals surface area contributed by atoms with Gasteiger partial charge in [-0.05, 0) is 100 Å². The highest BCUT2D eigenvalue weighted by atomic mass is 16.8. The molecule has 10 fully saturated rings. The zero-order valence-corrected chi connectivity index (χ0v) is 56.7.